The van der Waals surface area contributed by atoms with Gasteiger partial charge in [-0.3, -0.25) is 4.57 Å². The van der Waals surface area contributed by atoms with E-state index in [0.29, 0.717) is 23.3 Å². The predicted octanol–water partition coefficient (Wildman–Crippen LogP) is 7.68. The van der Waals surface area contributed by atoms with Crippen LogP contribution in [-0.4, -0.2) is 21.4 Å². The van der Waals surface area contributed by atoms with E-state index in [1.807, 2.05) is 41.8 Å². The Hall–Kier alpha value is -3.12. The molecule has 0 saturated carbocycles. The van der Waals surface area contributed by atoms with E-state index in [2.05, 4.69) is 56.9 Å². The maximum atomic E-state index is 14.9. The molecule has 0 amide bonds. The number of thioether (sulfide) groups is 1. The van der Waals surface area contributed by atoms with E-state index in [-0.39, 0.29) is 11.2 Å². The third-order valence-electron chi connectivity index (χ3n) is 6.06. The van der Waals surface area contributed by atoms with Gasteiger partial charge in [0.1, 0.15) is 11.6 Å². The summed E-state index contributed by atoms with van der Waals surface area (Å²) in [4.78, 5) is 0. The number of para-hydroxylation sites is 1. The van der Waals surface area contributed by atoms with Crippen molar-refractivity contribution >= 4 is 11.8 Å². The number of hydrogen-bond donors (Lipinski definition) is 0. The van der Waals surface area contributed by atoms with Gasteiger partial charge in [0.2, 0.25) is 0 Å². The number of benzene rings is 3. The molecule has 0 saturated heterocycles. The van der Waals surface area contributed by atoms with Crippen LogP contribution in [0.15, 0.2) is 65.8 Å². The molecular formula is C29H32FN3OS. The summed E-state index contributed by atoms with van der Waals surface area (Å²) < 4.78 is 22.3. The van der Waals surface area contributed by atoms with Crippen molar-refractivity contribution in [2.75, 3.05) is 6.61 Å². The lowest BCUT2D eigenvalue weighted by Gasteiger charge is -2.22. The Morgan fingerprint density at radius 1 is 0.943 bits per heavy atom. The average Bonchev–Trinajstić information content (AvgIpc) is 3.22. The predicted molar refractivity (Wildman–Crippen MR) is 142 cm³/mol. The van der Waals surface area contributed by atoms with E-state index in [4.69, 9.17) is 4.74 Å². The van der Waals surface area contributed by atoms with Gasteiger partial charge < -0.3 is 4.74 Å². The van der Waals surface area contributed by atoms with Crippen LogP contribution in [0.2, 0.25) is 0 Å². The lowest BCUT2D eigenvalue weighted by Crippen LogP contribution is -2.12. The van der Waals surface area contributed by atoms with Crippen molar-refractivity contribution in [2.24, 2.45) is 0 Å². The second-order valence-corrected chi connectivity index (χ2v) is 10.6. The van der Waals surface area contributed by atoms with E-state index in [9.17, 15) is 4.39 Å². The molecule has 0 unspecified atom stereocenters. The molecule has 0 aliphatic heterocycles. The number of rotatable bonds is 7. The first-order valence-corrected chi connectivity index (χ1v) is 12.8. The Balaban J connectivity index is 1.72. The quantitative estimate of drug-likeness (QED) is 0.250. The summed E-state index contributed by atoms with van der Waals surface area (Å²) in [5.74, 6) is 1.78. The molecule has 182 valence electrons. The SMILES string of the molecule is CCOc1ccc(-c2nnc(SCc3c(C)cc(C(C)(C)C)cc3C)n2-c2ccccc2F)cc1. The summed E-state index contributed by atoms with van der Waals surface area (Å²) in [6, 6.07) is 18.9. The van der Waals surface area contributed by atoms with Crippen LogP contribution in [0, 0.1) is 19.7 Å². The topological polar surface area (TPSA) is 39.9 Å². The number of ether oxygens (including phenoxy) is 1. The minimum atomic E-state index is -0.316. The summed E-state index contributed by atoms with van der Waals surface area (Å²) in [5, 5.41) is 9.60. The smallest absolute Gasteiger partial charge is 0.196 e. The molecule has 3 aromatic carbocycles. The highest BCUT2D eigenvalue weighted by atomic mass is 32.2. The molecule has 0 bridgehead atoms. The van der Waals surface area contributed by atoms with E-state index in [1.165, 1.54) is 28.3 Å². The van der Waals surface area contributed by atoms with E-state index in [1.54, 1.807) is 23.9 Å². The summed E-state index contributed by atoms with van der Waals surface area (Å²) in [5.41, 5.74) is 6.48. The van der Waals surface area contributed by atoms with Crippen LogP contribution in [-0.2, 0) is 11.2 Å². The van der Waals surface area contributed by atoms with Crippen molar-refractivity contribution in [2.45, 2.75) is 57.9 Å². The molecule has 4 nitrogen and oxygen atoms in total. The largest absolute Gasteiger partial charge is 0.494 e. The minimum Gasteiger partial charge on any atom is -0.494 e. The molecule has 4 rings (SSSR count). The monoisotopic (exact) mass is 489 g/mol. The van der Waals surface area contributed by atoms with Gasteiger partial charge in [0.15, 0.2) is 11.0 Å². The second-order valence-electron chi connectivity index (χ2n) is 9.68. The molecule has 1 aromatic heterocycles. The van der Waals surface area contributed by atoms with E-state index >= 15 is 0 Å². The molecule has 0 aliphatic carbocycles. The van der Waals surface area contributed by atoms with Crippen LogP contribution < -0.4 is 4.74 Å². The van der Waals surface area contributed by atoms with Gasteiger partial charge in [-0.05, 0) is 84.8 Å². The third-order valence-corrected chi connectivity index (χ3v) is 7.01. The van der Waals surface area contributed by atoms with Crippen molar-refractivity contribution in [1.82, 2.24) is 14.8 Å². The highest BCUT2D eigenvalue weighted by Crippen LogP contribution is 2.34. The van der Waals surface area contributed by atoms with Crippen LogP contribution in [0.25, 0.3) is 17.1 Å². The zero-order valence-corrected chi connectivity index (χ0v) is 22.0. The number of aromatic nitrogens is 3. The Morgan fingerprint density at radius 3 is 2.20 bits per heavy atom. The first-order chi connectivity index (χ1) is 16.7. The molecule has 0 N–H and O–H groups in total. The summed E-state index contributed by atoms with van der Waals surface area (Å²) in [7, 11) is 0. The van der Waals surface area contributed by atoms with Crippen LogP contribution in [0.5, 0.6) is 5.75 Å². The molecule has 0 radical (unpaired) electrons. The molecule has 0 fully saturated rings. The maximum absolute atomic E-state index is 14.9. The van der Waals surface area contributed by atoms with Crippen molar-refractivity contribution in [3.63, 3.8) is 0 Å². The zero-order valence-electron chi connectivity index (χ0n) is 21.2. The zero-order chi connectivity index (χ0) is 25.2. The molecule has 35 heavy (non-hydrogen) atoms. The average molecular weight is 490 g/mol. The van der Waals surface area contributed by atoms with Crippen LogP contribution >= 0.6 is 11.8 Å². The normalized spacial score (nSPS) is 11.6. The maximum Gasteiger partial charge on any atom is 0.196 e. The molecule has 1 heterocycles. The molecule has 6 heteroatoms. The van der Waals surface area contributed by atoms with Gasteiger partial charge in [-0.2, -0.15) is 0 Å². The standard InChI is InChI=1S/C29H32FN3OS/c1-7-34-23-14-12-21(13-15-23)27-31-32-28(33(27)26-11-9-8-10-25(26)30)35-18-24-19(2)16-22(17-20(24)3)29(4,5)6/h8-17H,7,18H2,1-6H3. The first-order valence-electron chi connectivity index (χ1n) is 11.9. The van der Waals surface area contributed by atoms with Crippen molar-refractivity contribution in [1.29, 1.82) is 0 Å². The van der Waals surface area contributed by atoms with E-state index < -0.39 is 0 Å². The fourth-order valence-electron chi connectivity index (χ4n) is 4.06. The van der Waals surface area contributed by atoms with Crippen LogP contribution in [0.1, 0.15) is 49.9 Å². The van der Waals surface area contributed by atoms with Gasteiger partial charge in [-0.1, -0.05) is 56.8 Å². The van der Waals surface area contributed by atoms with Gasteiger partial charge in [-0.25, -0.2) is 4.39 Å². The number of hydrogen-bond acceptors (Lipinski definition) is 4. The van der Waals surface area contributed by atoms with Gasteiger partial charge >= 0.3 is 0 Å². The summed E-state index contributed by atoms with van der Waals surface area (Å²) >= 11 is 1.57. The Bertz CT molecular complexity index is 1300. The molecule has 0 aliphatic rings. The fourth-order valence-corrected chi connectivity index (χ4v) is 5.20. The lowest BCUT2D eigenvalue weighted by molar-refractivity contribution is 0.340. The van der Waals surface area contributed by atoms with Gasteiger partial charge in [0.25, 0.3) is 0 Å². The van der Waals surface area contributed by atoms with E-state index in [0.717, 1.165) is 17.1 Å². The first kappa shape index (κ1) is 25.0. The van der Waals surface area contributed by atoms with Crippen molar-refractivity contribution in [3.8, 4) is 22.8 Å². The molecular weight excluding hydrogens is 457 g/mol. The Morgan fingerprint density at radius 2 is 1.60 bits per heavy atom. The number of halogens is 1. The highest BCUT2D eigenvalue weighted by Gasteiger charge is 2.20. The summed E-state index contributed by atoms with van der Waals surface area (Å²) in [6.45, 7) is 13.6. The summed E-state index contributed by atoms with van der Waals surface area (Å²) in [6.07, 6.45) is 0. The molecule has 0 spiro atoms. The van der Waals surface area contributed by atoms with Crippen LogP contribution in [0.4, 0.5) is 4.39 Å². The van der Waals surface area contributed by atoms with Crippen LogP contribution in [0.3, 0.4) is 0 Å². The van der Waals surface area contributed by atoms with Gasteiger partial charge in [0.05, 0.1) is 12.3 Å². The highest BCUT2D eigenvalue weighted by molar-refractivity contribution is 7.98. The lowest BCUT2D eigenvalue weighted by atomic mass is 9.84. The number of aryl methyl sites for hydroxylation is 2. The Kier molecular flexibility index (Phi) is 7.31. The second kappa shape index (κ2) is 10.2. The minimum absolute atomic E-state index is 0.0961. The third kappa shape index (κ3) is 5.43. The fraction of sp³-hybridized carbons (Fsp3) is 0.310. The van der Waals surface area contributed by atoms with Crippen molar-refractivity contribution < 1.29 is 9.13 Å². The number of nitrogens with zero attached hydrogens (tertiary/aromatic N) is 3. The molecule has 0 atom stereocenters. The Labute approximate surface area is 211 Å². The van der Waals surface area contributed by atoms with Gasteiger partial charge in [0, 0.05) is 11.3 Å². The van der Waals surface area contributed by atoms with Gasteiger partial charge in [-0.15, -0.1) is 10.2 Å². The van der Waals surface area contributed by atoms with Crippen molar-refractivity contribution in [3.05, 3.63) is 88.7 Å². The molecule has 4 aromatic rings.